The van der Waals surface area contributed by atoms with E-state index in [1.54, 1.807) is 4.68 Å². The van der Waals surface area contributed by atoms with E-state index in [0.29, 0.717) is 17.9 Å². The van der Waals surface area contributed by atoms with Crippen LogP contribution in [0.3, 0.4) is 0 Å². The number of nitrogens with zero attached hydrogens (tertiary/aromatic N) is 12. The standard InChI is InChI=1S/C27H28N3.C19H22N3.C16H14N3.C10H10N3.4Ir/c1-18(2)22-16-11-17-23(19(3)4)25(22)30-26(21-13-7-6-8-14-21)28-29-27(30)24-15-10-9-12-20(24)5;1-12-20-21-19(15-5-3-2-4-6-15)22(12)18-16-8-13-7-14(10-16)11-17(18)9-13;1-12-8-6-7-11-15(12)19-16(17-13(2)18-19)14-9-4-3-5-10-14;1-8-11-10(13(2)12-8)9-6-4-3-5-7-9;;;;/h6-13,15-19H,1-5H3;2-5,13-14,16-18H,7-11H2,1H3;3-9,11H,1-2H3;3-6H,1-2H3;;;;/q4*-1;;;;. The topological polar surface area (TPSA) is 123 Å². The van der Waals surface area contributed by atoms with Gasteiger partial charge >= 0.3 is 0 Å². The number of para-hydroxylation sites is 2. The summed E-state index contributed by atoms with van der Waals surface area (Å²) in [5.74, 6) is 11.5. The van der Waals surface area contributed by atoms with E-state index < -0.39 is 0 Å². The SMILES string of the molecule is Cc1ccccc1-c1nnc(-c2[c-]cccc2)n1-c1c(C(C)C)cccc1C(C)C.Cc1nc(-c2[c-]cccc2)n(-c2ccccc2C)n1.Cc1nc(-c2[c-]cccc2)n(C)n1.Cc1nnc(-c2[c-]cccc2)n1C1C2CC3CC(C2)CC1C3.[Ir].[Ir].[Ir].[Ir]. The monoisotopic (exact) mass is 1880 g/mol. The fourth-order valence-corrected chi connectivity index (χ4v) is 13.1. The average molecular weight is 1880 g/mol. The van der Waals surface area contributed by atoms with Crippen molar-refractivity contribution < 1.29 is 80.4 Å². The number of aryl methyl sites for hydroxylation is 6. The van der Waals surface area contributed by atoms with Crippen molar-refractivity contribution >= 4 is 0 Å². The summed E-state index contributed by atoms with van der Waals surface area (Å²) in [6, 6.07) is 68.5. The van der Waals surface area contributed by atoms with Crippen molar-refractivity contribution in [1.82, 2.24) is 59.1 Å². The molecule has 16 heteroatoms. The Morgan fingerprint density at radius 1 is 0.432 bits per heavy atom. The van der Waals surface area contributed by atoms with Crippen molar-refractivity contribution in [3.63, 3.8) is 0 Å². The van der Waals surface area contributed by atoms with Gasteiger partial charge in [-0.05, 0) is 131 Å². The molecule has 0 unspecified atom stereocenters. The summed E-state index contributed by atoms with van der Waals surface area (Å²) in [4.78, 5) is 8.82. The minimum Gasteiger partial charge on any atom is -0.348 e. The van der Waals surface area contributed by atoms with Crippen LogP contribution in [0, 0.1) is 82.6 Å². The molecule has 4 radical (unpaired) electrons. The molecule has 0 atom stereocenters. The maximum atomic E-state index is 4.69. The van der Waals surface area contributed by atoms with Gasteiger partial charge in [0.25, 0.3) is 0 Å². The van der Waals surface area contributed by atoms with E-state index >= 15 is 0 Å². The Morgan fingerprint density at radius 3 is 1.36 bits per heavy atom. The Kier molecular flexibility index (Phi) is 24.7. The smallest absolute Gasteiger partial charge is 0.159 e. The molecule has 4 fully saturated rings. The number of rotatable bonds is 10. The molecule has 0 saturated heterocycles. The Balaban J connectivity index is 0.000000171. The summed E-state index contributed by atoms with van der Waals surface area (Å²) < 4.78 is 8.36. The summed E-state index contributed by atoms with van der Waals surface area (Å²) in [6.07, 6.45) is 7.20. The molecule has 0 N–H and O–H groups in total. The number of hydrogen-bond donors (Lipinski definition) is 0. The zero-order valence-electron chi connectivity index (χ0n) is 51.4. The van der Waals surface area contributed by atoms with Crippen LogP contribution in [-0.4, -0.2) is 59.1 Å². The zero-order valence-corrected chi connectivity index (χ0v) is 60.9. The van der Waals surface area contributed by atoms with Crippen molar-refractivity contribution in [2.24, 2.45) is 30.7 Å². The molecule has 4 heterocycles. The van der Waals surface area contributed by atoms with E-state index in [-0.39, 0.29) is 80.4 Å². The summed E-state index contributed by atoms with van der Waals surface area (Å²) in [5, 5.41) is 27.0. The molecule has 4 aromatic heterocycles. The second-order valence-corrected chi connectivity index (χ2v) is 23.3. The molecule has 0 aliphatic heterocycles. The molecule has 88 heavy (non-hydrogen) atoms. The van der Waals surface area contributed by atoms with Gasteiger partial charge < -0.3 is 9.13 Å². The third kappa shape index (κ3) is 15.3. The minimum absolute atomic E-state index is 0. The molecule has 15 rings (SSSR count). The van der Waals surface area contributed by atoms with Crippen molar-refractivity contribution in [2.45, 2.75) is 112 Å². The zero-order chi connectivity index (χ0) is 58.4. The van der Waals surface area contributed by atoms with E-state index in [1.165, 1.54) is 60.0 Å². The van der Waals surface area contributed by atoms with Crippen molar-refractivity contribution in [3.05, 3.63) is 228 Å². The fourth-order valence-electron chi connectivity index (χ4n) is 13.1. The predicted octanol–water partition coefficient (Wildman–Crippen LogP) is 15.9. The van der Waals surface area contributed by atoms with Crippen LogP contribution in [0.1, 0.15) is 117 Å². The van der Waals surface area contributed by atoms with Crippen molar-refractivity contribution in [1.29, 1.82) is 0 Å². The van der Waals surface area contributed by atoms with Gasteiger partial charge in [-0.2, -0.15) is 20.4 Å². The summed E-state index contributed by atoms with van der Waals surface area (Å²) in [6.45, 7) is 19.1. The molecule has 0 amide bonds. The van der Waals surface area contributed by atoms with E-state index in [0.717, 1.165) is 104 Å². The molecule has 0 spiro atoms. The van der Waals surface area contributed by atoms with E-state index in [9.17, 15) is 0 Å². The Morgan fingerprint density at radius 2 is 0.875 bits per heavy atom. The Bertz CT molecular complexity index is 3910. The van der Waals surface area contributed by atoms with Gasteiger partial charge in [0.05, 0.1) is 29.0 Å². The third-order valence-electron chi connectivity index (χ3n) is 16.7. The van der Waals surface area contributed by atoms with Crippen molar-refractivity contribution in [2.75, 3.05) is 0 Å². The van der Waals surface area contributed by atoms with Crippen LogP contribution in [-0.2, 0) is 87.5 Å². The van der Waals surface area contributed by atoms with Gasteiger partial charge in [0.1, 0.15) is 17.5 Å². The molecule has 4 saturated carbocycles. The molecule has 4 aliphatic carbocycles. The molecular formula is C72H74Ir4N12-4. The van der Waals surface area contributed by atoms with Crippen LogP contribution >= 0.6 is 0 Å². The van der Waals surface area contributed by atoms with Gasteiger partial charge in [-0.15, -0.1) is 154 Å². The maximum Gasteiger partial charge on any atom is 0.159 e. The normalized spacial score (nSPS) is 16.7. The van der Waals surface area contributed by atoms with Gasteiger partial charge in [-0.1, -0.05) is 88.4 Å². The van der Waals surface area contributed by atoms with Crippen LogP contribution in [0.25, 0.3) is 68.3 Å². The molecule has 12 nitrogen and oxygen atoms in total. The number of aromatic nitrogens is 12. The first-order chi connectivity index (χ1) is 40.8. The van der Waals surface area contributed by atoms with E-state index in [4.69, 9.17) is 5.10 Å². The van der Waals surface area contributed by atoms with E-state index in [2.05, 4.69) is 190 Å². The van der Waals surface area contributed by atoms with Gasteiger partial charge in [-0.25, -0.2) is 0 Å². The van der Waals surface area contributed by atoms with Gasteiger partial charge in [0, 0.05) is 105 Å². The van der Waals surface area contributed by atoms with Gasteiger partial charge in [0.15, 0.2) is 5.82 Å². The van der Waals surface area contributed by atoms with Crippen LogP contribution in [0.4, 0.5) is 0 Å². The van der Waals surface area contributed by atoms with Crippen LogP contribution in [0.5, 0.6) is 0 Å². The summed E-state index contributed by atoms with van der Waals surface area (Å²) in [5.41, 5.74) is 12.2. The molecule has 11 aromatic rings. The molecule has 4 bridgehead atoms. The van der Waals surface area contributed by atoms with Gasteiger partial charge in [0.2, 0.25) is 0 Å². The first-order valence-electron chi connectivity index (χ1n) is 29.6. The summed E-state index contributed by atoms with van der Waals surface area (Å²) >= 11 is 0. The summed E-state index contributed by atoms with van der Waals surface area (Å²) in [7, 11) is 1.89. The molecule has 462 valence electrons. The first kappa shape index (κ1) is 69.2. The Labute approximate surface area is 573 Å². The largest absolute Gasteiger partial charge is 0.348 e. The van der Waals surface area contributed by atoms with Gasteiger partial charge in [-0.3, -0.25) is 19.3 Å². The van der Waals surface area contributed by atoms with E-state index in [1.807, 2.05) is 117 Å². The molecular weight excluding hydrogens is 1800 g/mol. The maximum absolute atomic E-state index is 4.69. The Hall–Kier alpha value is -6.30. The number of hydrogen-bond acceptors (Lipinski definition) is 8. The van der Waals surface area contributed by atoms with Crippen molar-refractivity contribution in [3.8, 4) is 68.3 Å². The molecule has 4 aliphatic rings. The first-order valence-corrected chi connectivity index (χ1v) is 29.6. The second kappa shape index (κ2) is 31.4. The van der Waals surface area contributed by atoms with Crippen LogP contribution in [0.15, 0.2) is 164 Å². The minimum atomic E-state index is 0. The number of benzene rings is 7. The average Bonchev–Trinajstić information content (AvgIpc) is 1.75. The second-order valence-electron chi connectivity index (χ2n) is 23.3. The third-order valence-corrected chi connectivity index (χ3v) is 16.7. The predicted molar refractivity (Wildman–Crippen MR) is 334 cm³/mol. The van der Waals surface area contributed by atoms with Crippen LogP contribution in [0.2, 0.25) is 0 Å². The quantitative estimate of drug-likeness (QED) is 0.124. The van der Waals surface area contributed by atoms with Crippen LogP contribution < -0.4 is 0 Å². The fraction of sp³-hybridized carbons (Fsp3) is 0.306. The molecule has 7 aromatic carbocycles.